The number of carbonyl (C=O) groups is 1. The number of anilines is 1. The molecule has 0 aliphatic rings. The first-order chi connectivity index (χ1) is 10.2. The second-order valence-corrected chi connectivity index (χ2v) is 6.65. The summed E-state index contributed by atoms with van der Waals surface area (Å²) in [6, 6.07) is 6.53. The van der Waals surface area contributed by atoms with Crippen molar-refractivity contribution >= 4 is 44.9 Å². The van der Waals surface area contributed by atoms with E-state index in [1.54, 1.807) is 0 Å². The van der Waals surface area contributed by atoms with Gasteiger partial charge in [-0.05, 0) is 36.4 Å². The van der Waals surface area contributed by atoms with Crippen LogP contribution in [0.2, 0.25) is 10.0 Å². The van der Waals surface area contributed by atoms with Gasteiger partial charge in [0.15, 0.2) is 0 Å². The molecule has 0 aromatic heterocycles. The fraction of sp³-hybridized carbons (Fsp3) is 0. The minimum absolute atomic E-state index is 0.0168. The Morgan fingerprint density at radius 2 is 1.77 bits per heavy atom. The Hall–Kier alpha value is -1.83. The summed E-state index contributed by atoms with van der Waals surface area (Å²) in [6.07, 6.45) is 0. The van der Waals surface area contributed by atoms with E-state index < -0.39 is 26.7 Å². The van der Waals surface area contributed by atoms with Crippen LogP contribution >= 0.6 is 23.2 Å². The Bertz CT molecular complexity index is 855. The maximum absolute atomic E-state index is 13.1. The summed E-state index contributed by atoms with van der Waals surface area (Å²) in [7, 11) is -4.16. The molecule has 0 spiro atoms. The SMILES string of the molecule is O=C(O)c1ccc(Cl)c(S(=O)(=O)Nc2ccc(F)c(Cl)c2)c1. The Labute approximate surface area is 135 Å². The lowest BCUT2D eigenvalue weighted by molar-refractivity contribution is 0.0696. The van der Waals surface area contributed by atoms with Gasteiger partial charge in [0.1, 0.15) is 10.7 Å². The molecule has 0 saturated heterocycles. The second kappa shape index (κ2) is 6.12. The van der Waals surface area contributed by atoms with E-state index in [4.69, 9.17) is 28.3 Å². The van der Waals surface area contributed by atoms with Gasteiger partial charge in [0, 0.05) is 0 Å². The van der Waals surface area contributed by atoms with E-state index in [2.05, 4.69) is 4.72 Å². The van der Waals surface area contributed by atoms with Crippen LogP contribution in [0.4, 0.5) is 10.1 Å². The smallest absolute Gasteiger partial charge is 0.335 e. The van der Waals surface area contributed by atoms with Gasteiger partial charge in [0.25, 0.3) is 10.0 Å². The molecule has 2 N–H and O–H groups in total. The molecule has 116 valence electrons. The number of rotatable bonds is 4. The van der Waals surface area contributed by atoms with Crippen LogP contribution in [0.5, 0.6) is 0 Å². The summed E-state index contributed by atoms with van der Waals surface area (Å²) in [5.41, 5.74) is -0.217. The first kappa shape index (κ1) is 16.5. The van der Waals surface area contributed by atoms with Gasteiger partial charge in [-0.3, -0.25) is 4.72 Å². The van der Waals surface area contributed by atoms with Crippen molar-refractivity contribution in [3.8, 4) is 0 Å². The average molecular weight is 364 g/mol. The zero-order chi connectivity index (χ0) is 16.5. The van der Waals surface area contributed by atoms with Gasteiger partial charge in [-0.25, -0.2) is 17.6 Å². The van der Waals surface area contributed by atoms with Gasteiger partial charge >= 0.3 is 5.97 Å². The summed E-state index contributed by atoms with van der Waals surface area (Å²) >= 11 is 11.4. The summed E-state index contributed by atoms with van der Waals surface area (Å²) in [4.78, 5) is 10.5. The molecule has 0 bridgehead atoms. The fourth-order valence-electron chi connectivity index (χ4n) is 1.61. The first-order valence-electron chi connectivity index (χ1n) is 5.71. The van der Waals surface area contributed by atoms with Crippen LogP contribution < -0.4 is 4.72 Å². The zero-order valence-corrected chi connectivity index (χ0v) is 13.0. The van der Waals surface area contributed by atoms with Crippen molar-refractivity contribution in [2.75, 3.05) is 4.72 Å². The number of carboxylic acid groups (broad SMARTS) is 1. The van der Waals surface area contributed by atoms with Crippen LogP contribution in [-0.2, 0) is 10.0 Å². The van der Waals surface area contributed by atoms with Crippen molar-refractivity contribution in [3.63, 3.8) is 0 Å². The predicted octanol–water partition coefficient (Wildman–Crippen LogP) is 3.63. The van der Waals surface area contributed by atoms with Crippen LogP contribution in [0.25, 0.3) is 0 Å². The number of hydrogen-bond donors (Lipinski definition) is 2. The van der Waals surface area contributed by atoms with E-state index in [1.807, 2.05) is 0 Å². The molecule has 5 nitrogen and oxygen atoms in total. The van der Waals surface area contributed by atoms with E-state index in [1.165, 1.54) is 12.1 Å². The summed E-state index contributed by atoms with van der Waals surface area (Å²) < 4.78 is 39.8. The molecule has 0 atom stereocenters. The molecule has 9 heteroatoms. The van der Waals surface area contributed by atoms with Crippen molar-refractivity contribution in [1.29, 1.82) is 0 Å². The lowest BCUT2D eigenvalue weighted by atomic mass is 10.2. The lowest BCUT2D eigenvalue weighted by Gasteiger charge is -2.10. The van der Waals surface area contributed by atoms with Crippen LogP contribution in [0.1, 0.15) is 10.4 Å². The molecule has 2 aromatic rings. The zero-order valence-electron chi connectivity index (χ0n) is 10.7. The number of benzene rings is 2. The standard InChI is InChI=1S/C13H8Cl2FNO4S/c14-9-3-1-7(13(18)19)5-12(9)22(20,21)17-8-2-4-11(16)10(15)6-8/h1-6,17H,(H,18,19). The normalized spacial score (nSPS) is 11.2. The number of carboxylic acids is 1. The monoisotopic (exact) mass is 363 g/mol. The van der Waals surface area contributed by atoms with Crippen LogP contribution in [0, 0.1) is 5.82 Å². The summed E-state index contributed by atoms with van der Waals surface area (Å²) in [6.45, 7) is 0. The Morgan fingerprint density at radius 3 is 2.36 bits per heavy atom. The molecule has 2 aromatic carbocycles. The number of halogens is 3. The molecular formula is C13H8Cl2FNO4S. The third kappa shape index (κ3) is 3.49. The molecule has 0 saturated carbocycles. The van der Waals surface area contributed by atoms with Crippen LogP contribution in [0.3, 0.4) is 0 Å². The van der Waals surface area contributed by atoms with Crippen LogP contribution in [0.15, 0.2) is 41.3 Å². The number of aromatic carboxylic acids is 1. The van der Waals surface area contributed by atoms with Gasteiger partial charge in [-0.15, -0.1) is 0 Å². The number of nitrogens with one attached hydrogen (secondary N) is 1. The maximum atomic E-state index is 13.1. The van der Waals surface area contributed by atoms with E-state index in [9.17, 15) is 17.6 Å². The maximum Gasteiger partial charge on any atom is 0.335 e. The van der Waals surface area contributed by atoms with E-state index >= 15 is 0 Å². The first-order valence-corrected chi connectivity index (χ1v) is 7.95. The average Bonchev–Trinajstić information content (AvgIpc) is 2.42. The third-order valence-electron chi connectivity index (χ3n) is 2.64. The summed E-state index contributed by atoms with van der Waals surface area (Å²) in [5.74, 6) is -1.99. The van der Waals surface area contributed by atoms with Gasteiger partial charge in [0.2, 0.25) is 0 Å². The largest absolute Gasteiger partial charge is 0.478 e. The molecule has 0 amide bonds. The Kier molecular flexibility index (Phi) is 4.60. The Balaban J connectivity index is 2.44. The van der Waals surface area contributed by atoms with Crippen LogP contribution in [-0.4, -0.2) is 19.5 Å². The van der Waals surface area contributed by atoms with Crippen molar-refractivity contribution in [3.05, 3.63) is 57.8 Å². The van der Waals surface area contributed by atoms with Gasteiger partial charge in [-0.2, -0.15) is 0 Å². The van der Waals surface area contributed by atoms with E-state index in [0.29, 0.717) is 0 Å². The minimum atomic E-state index is -4.16. The molecule has 0 radical (unpaired) electrons. The topological polar surface area (TPSA) is 83.5 Å². The molecule has 22 heavy (non-hydrogen) atoms. The minimum Gasteiger partial charge on any atom is -0.478 e. The predicted molar refractivity (Wildman–Crippen MR) is 80.6 cm³/mol. The quantitative estimate of drug-likeness (QED) is 0.868. The Morgan fingerprint density at radius 1 is 1.09 bits per heavy atom. The van der Waals surface area contributed by atoms with Gasteiger partial charge in [0.05, 0.1) is 21.3 Å². The van der Waals surface area contributed by atoms with Gasteiger partial charge < -0.3 is 5.11 Å². The fourth-order valence-corrected chi connectivity index (χ4v) is 3.37. The lowest BCUT2D eigenvalue weighted by Crippen LogP contribution is -2.14. The summed E-state index contributed by atoms with van der Waals surface area (Å²) in [5, 5.41) is 8.50. The molecule has 0 fully saturated rings. The van der Waals surface area contributed by atoms with E-state index in [0.717, 1.165) is 24.3 Å². The van der Waals surface area contributed by atoms with E-state index in [-0.39, 0.29) is 21.3 Å². The van der Waals surface area contributed by atoms with Crippen molar-refractivity contribution in [1.82, 2.24) is 0 Å². The molecule has 2 rings (SSSR count). The third-order valence-corrected chi connectivity index (χ3v) is 4.79. The van der Waals surface area contributed by atoms with Crippen molar-refractivity contribution < 1.29 is 22.7 Å². The van der Waals surface area contributed by atoms with Gasteiger partial charge in [-0.1, -0.05) is 23.2 Å². The van der Waals surface area contributed by atoms with Crippen molar-refractivity contribution in [2.45, 2.75) is 4.90 Å². The molecule has 0 aliphatic heterocycles. The molecule has 0 heterocycles. The highest BCUT2D eigenvalue weighted by molar-refractivity contribution is 7.92. The molecule has 0 unspecified atom stereocenters. The second-order valence-electron chi connectivity index (χ2n) is 4.18. The highest BCUT2D eigenvalue weighted by Crippen LogP contribution is 2.26. The molecule has 0 aliphatic carbocycles. The highest BCUT2D eigenvalue weighted by Gasteiger charge is 2.20. The highest BCUT2D eigenvalue weighted by atomic mass is 35.5. The molecular weight excluding hydrogens is 356 g/mol. The number of sulfonamides is 1. The number of hydrogen-bond acceptors (Lipinski definition) is 3. The van der Waals surface area contributed by atoms with Crippen molar-refractivity contribution in [2.24, 2.45) is 0 Å².